The van der Waals surface area contributed by atoms with E-state index in [9.17, 15) is 24.3 Å². The Morgan fingerprint density at radius 2 is 0.729 bits per heavy atom. The number of aliphatic hydroxyl groups excluding tert-OH is 1. The Kier molecular flexibility index (Phi) is 14.3. The fraction of sp³-hybridized carbons (Fsp3) is 0.243. The monoisotopic (exact) mass is 654 g/mol. The van der Waals surface area contributed by atoms with Crippen molar-refractivity contribution in [3.63, 3.8) is 0 Å². The Labute approximate surface area is 278 Å². The Morgan fingerprint density at radius 3 is 1.02 bits per heavy atom. The molecule has 11 nitrogen and oxygen atoms in total. The van der Waals surface area contributed by atoms with E-state index in [2.05, 4.69) is 10.6 Å². The van der Waals surface area contributed by atoms with Gasteiger partial charge in [0.05, 0.1) is 12.8 Å². The summed E-state index contributed by atoms with van der Waals surface area (Å²) in [5.74, 6) is -3.16. The maximum Gasteiger partial charge on any atom is 0.324 e. The van der Waals surface area contributed by atoms with Crippen molar-refractivity contribution in [3.05, 3.63) is 144 Å². The number of rotatable bonds is 18. The first-order valence-electron chi connectivity index (χ1n) is 15.4. The first-order valence-corrected chi connectivity index (χ1v) is 15.4. The van der Waals surface area contributed by atoms with Gasteiger partial charge in [-0.05, 0) is 22.3 Å². The normalized spacial score (nSPS) is 12.0. The summed E-state index contributed by atoms with van der Waals surface area (Å²) >= 11 is 0. The largest absolute Gasteiger partial charge is 0.461 e. The molecule has 0 heterocycles. The van der Waals surface area contributed by atoms with E-state index in [4.69, 9.17) is 18.9 Å². The van der Waals surface area contributed by atoms with E-state index in [1.54, 1.807) is 97.1 Å². The maximum absolute atomic E-state index is 13.1. The molecule has 0 saturated carbocycles. The third kappa shape index (κ3) is 12.8. The molecule has 250 valence electrons. The van der Waals surface area contributed by atoms with Crippen molar-refractivity contribution in [2.75, 3.05) is 0 Å². The van der Waals surface area contributed by atoms with Crippen LogP contribution in [0.1, 0.15) is 35.1 Å². The number of hydrogen-bond acceptors (Lipinski definition) is 11. The van der Waals surface area contributed by atoms with Crippen molar-refractivity contribution < 1.29 is 43.2 Å². The summed E-state index contributed by atoms with van der Waals surface area (Å²) in [6.07, 6.45) is -2.76. The molecular formula is C37H38N2O9. The minimum atomic E-state index is -1.77. The highest BCUT2D eigenvalue weighted by Gasteiger charge is 2.31. The Balaban J connectivity index is 1.41. The van der Waals surface area contributed by atoms with Gasteiger partial charge in [-0.2, -0.15) is 0 Å². The third-order valence-corrected chi connectivity index (χ3v) is 6.96. The van der Waals surface area contributed by atoms with Gasteiger partial charge in [0.25, 0.3) is 0 Å². The molecule has 0 radical (unpaired) electrons. The number of carbonyl (C=O) groups excluding carboxylic acids is 4. The molecule has 0 saturated heterocycles. The summed E-state index contributed by atoms with van der Waals surface area (Å²) in [5.41, 5.74) is 2.93. The average molecular weight is 655 g/mol. The van der Waals surface area contributed by atoms with E-state index in [0.29, 0.717) is 11.1 Å². The van der Waals surface area contributed by atoms with E-state index in [1.807, 2.05) is 24.3 Å². The number of nitrogens with one attached hydrogen (secondary N) is 2. The van der Waals surface area contributed by atoms with Gasteiger partial charge >= 0.3 is 23.9 Å². The number of ether oxygens (including phenoxy) is 4. The van der Waals surface area contributed by atoms with E-state index >= 15 is 0 Å². The predicted octanol–water partition coefficient (Wildman–Crippen LogP) is 3.93. The fourth-order valence-electron chi connectivity index (χ4n) is 4.44. The second-order valence-electron chi connectivity index (χ2n) is 10.7. The summed E-state index contributed by atoms with van der Waals surface area (Å²) < 4.78 is 21.5. The first-order chi connectivity index (χ1) is 23.4. The topological polar surface area (TPSA) is 149 Å². The molecule has 4 rings (SSSR count). The highest BCUT2D eigenvalue weighted by Crippen LogP contribution is 2.10. The molecule has 0 aliphatic heterocycles. The summed E-state index contributed by atoms with van der Waals surface area (Å²) in [7, 11) is 0. The van der Waals surface area contributed by atoms with Crippen LogP contribution in [0.3, 0.4) is 0 Å². The van der Waals surface area contributed by atoms with Crippen molar-refractivity contribution in [1.82, 2.24) is 10.6 Å². The van der Waals surface area contributed by atoms with Crippen LogP contribution < -0.4 is 10.6 Å². The van der Waals surface area contributed by atoms with E-state index in [1.165, 1.54) is 0 Å². The zero-order valence-corrected chi connectivity index (χ0v) is 26.2. The number of aliphatic hydroxyl groups is 1. The molecule has 4 aromatic rings. The van der Waals surface area contributed by atoms with Gasteiger partial charge in [0.1, 0.15) is 38.5 Å². The second-order valence-corrected chi connectivity index (χ2v) is 10.7. The number of hydrogen-bond donors (Lipinski definition) is 3. The molecule has 2 atom stereocenters. The van der Waals surface area contributed by atoms with Crippen LogP contribution in [0.5, 0.6) is 0 Å². The lowest BCUT2D eigenvalue weighted by molar-refractivity contribution is -0.157. The van der Waals surface area contributed by atoms with Gasteiger partial charge in [-0.3, -0.25) is 29.8 Å². The van der Waals surface area contributed by atoms with Crippen LogP contribution in [0.2, 0.25) is 0 Å². The fourth-order valence-corrected chi connectivity index (χ4v) is 4.44. The molecule has 0 spiro atoms. The zero-order chi connectivity index (χ0) is 34.0. The van der Waals surface area contributed by atoms with Crippen LogP contribution in [0.25, 0.3) is 0 Å². The lowest BCUT2D eigenvalue weighted by atomic mass is 10.2. The Morgan fingerprint density at radius 1 is 0.458 bits per heavy atom. The van der Waals surface area contributed by atoms with Gasteiger partial charge in [-0.25, -0.2) is 0 Å². The molecule has 4 aromatic carbocycles. The van der Waals surface area contributed by atoms with Gasteiger partial charge in [0.2, 0.25) is 0 Å². The predicted molar refractivity (Wildman–Crippen MR) is 174 cm³/mol. The van der Waals surface area contributed by atoms with Crippen molar-refractivity contribution in [2.45, 2.75) is 57.7 Å². The summed E-state index contributed by atoms with van der Waals surface area (Å²) in [6.45, 7) is -0.205. The second kappa shape index (κ2) is 19.3. The molecule has 0 fully saturated rings. The molecular weight excluding hydrogens is 616 g/mol. The first kappa shape index (κ1) is 35.5. The van der Waals surface area contributed by atoms with E-state index in [-0.39, 0.29) is 26.4 Å². The molecule has 3 N–H and O–H groups in total. The highest BCUT2D eigenvalue weighted by atomic mass is 16.5. The van der Waals surface area contributed by atoms with E-state index < -0.39 is 55.2 Å². The molecule has 0 bridgehead atoms. The minimum absolute atomic E-state index is 0.0211. The highest BCUT2D eigenvalue weighted by molar-refractivity contribution is 5.83. The third-order valence-electron chi connectivity index (χ3n) is 6.96. The van der Waals surface area contributed by atoms with Gasteiger partial charge in [-0.15, -0.1) is 0 Å². The van der Waals surface area contributed by atoms with Crippen LogP contribution >= 0.6 is 0 Å². The van der Waals surface area contributed by atoms with Crippen LogP contribution in [0, 0.1) is 0 Å². The number of carbonyl (C=O) groups is 4. The Hall–Kier alpha value is -5.36. The molecule has 0 unspecified atom stereocenters. The van der Waals surface area contributed by atoms with E-state index in [0.717, 1.165) is 11.1 Å². The summed E-state index contributed by atoms with van der Waals surface area (Å²) in [4.78, 5) is 51.8. The van der Waals surface area contributed by atoms with Crippen molar-refractivity contribution in [1.29, 1.82) is 0 Å². The zero-order valence-electron chi connectivity index (χ0n) is 26.2. The molecule has 0 aliphatic rings. The van der Waals surface area contributed by atoms with Gasteiger partial charge in [-0.1, -0.05) is 121 Å². The Bertz CT molecular complexity index is 1450. The number of esters is 4. The maximum atomic E-state index is 13.1. The molecule has 48 heavy (non-hydrogen) atoms. The van der Waals surface area contributed by atoms with Crippen molar-refractivity contribution in [2.24, 2.45) is 0 Å². The number of benzene rings is 4. The SMILES string of the molecule is O=C(C[C@H](NC(O)N[C@@H](CC(=O)OCc1ccccc1)C(=O)OCc1ccccc1)C(=O)OCc1ccccc1)OCc1ccccc1. The van der Waals surface area contributed by atoms with Gasteiger partial charge in [0.15, 0.2) is 6.35 Å². The van der Waals surface area contributed by atoms with Crippen LogP contribution in [0.15, 0.2) is 121 Å². The van der Waals surface area contributed by atoms with Crippen LogP contribution in [0.4, 0.5) is 0 Å². The molecule has 0 aliphatic carbocycles. The van der Waals surface area contributed by atoms with Gasteiger partial charge in [0, 0.05) is 0 Å². The molecule has 0 aromatic heterocycles. The summed E-state index contributed by atoms with van der Waals surface area (Å²) in [6, 6.07) is 33.1. The lowest BCUT2D eigenvalue weighted by Gasteiger charge is -2.25. The van der Waals surface area contributed by atoms with Crippen LogP contribution in [-0.4, -0.2) is 47.4 Å². The van der Waals surface area contributed by atoms with Crippen LogP contribution in [-0.2, 0) is 64.6 Å². The van der Waals surface area contributed by atoms with Gasteiger partial charge < -0.3 is 24.1 Å². The van der Waals surface area contributed by atoms with Crippen molar-refractivity contribution in [3.8, 4) is 0 Å². The minimum Gasteiger partial charge on any atom is -0.461 e. The summed E-state index contributed by atoms with van der Waals surface area (Å²) in [5, 5.41) is 16.1. The average Bonchev–Trinajstić information content (AvgIpc) is 3.12. The molecule has 11 heteroatoms. The molecule has 0 amide bonds. The smallest absolute Gasteiger partial charge is 0.324 e. The standard InChI is InChI=1S/C37H38N2O9/c40-33(45-23-27-13-5-1-6-14-27)21-31(35(42)47-25-29-17-9-3-10-18-29)38-37(44)39-32(36(43)48-26-30-19-11-4-12-20-30)22-34(41)46-24-28-15-7-2-8-16-28/h1-20,31-32,37-39,44H,21-26H2/t31-,32-/m0/s1. The lowest BCUT2D eigenvalue weighted by Crippen LogP contribution is -2.56. The van der Waals surface area contributed by atoms with Crippen molar-refractivity contribution >= 4 is 23.9 Å². The quantitative estimate of drug-likeness (QED) is 0.0814.